The van der Waals surface area contributed by atoms with Gasteiger partial charge in [0.1, 0.15) is 5.75 Å². The summed E-state index contributed by atoms with van der Waals surface area (Å²) in [6.07, 6.45) is 10.8. The van der Waals surface area contributed by atoms with Gasteiger partial charge in [-0.15, -0.1) is 0 Å². The molecule has 1 spiro atoms. The number of anilines is 1. The largest absolute Gasteiger partial charge is 0.490 e. The third kappa shape index (κ3) is 4.74. The second-order valence-corrected chi connectivity index (χ2v) is 14.1. The van der Waals surface area contributed by atoms with Gasteiger partial charge < -0.3 is 14.4 Å². The summed E-state index contributed by atoms with van der Waals surface area (Å²) in [5.74, 6) is 2.62. The number of amides is 1. The number of aryl methyl sites for hydroxylation is 1. The van der Waals surface area contributed by atoms with Crippen LogP contribution in [-0.2, 0) is 16.6 Å². The zero-order valence-electron chi connectivity index (χ0n) is 22.8. The van der Waals surface area contributed by atoms with E-state index in [9.17, 15) is 4.79 Å². The Balaban J connectivity index is 1.29. The summed E-state index contributed by atoms with van der Waals surface area (Å²) in [5.41, 5.74) is 4.41. The molecule has 0 aromatic heterocycles. The Kier molecular flexibility index (Phi) is 7.01. The molecule has 0 radical (unpaired) electrons. The lowest BCUT2D eigenvalue weighted by molar-refractivity contribution is -0.0587. The molecule has 2 aromatic rings. The smallest absolute Gasteiger partial charge is 0.261 e. The number of hydrogen-bond acceptors (Lipinski definition) is 5. The van der Waals surface area contributed by atoms with Crippen LogP contribution in [-0.4, -0.2) is 44.1 Å². The van der Waals surface area contributed by atoms with E-state index in [1.54, 1.807) is 11.9 Å². The number of benzene rings is 2. The fourth-order valence-electron chi connectivity index (χ4n) is 8.29. The van der Waals surface area contributed by atoms with E-state index in [2.05, 4.69) is 27.8 Å². The molecule has 2 fully saturated rings. The monoisotopic (exact) mass is 566 g/mol. The number of carbonyl (C=O) groups is 1. The highest BCUT2D eigenvalue weighted by Crippen LogP contribution is 2.49. The van der Waals surface area contributed by atoms with Crippen molar-refractivity contribution in [2.45, 2.75) is 74.6 Å². The highest BCUT2D eigenvalue weighted by atomic mass is 35.5. The van der Waals surface area contributed by atoms with E-state index in [4.69, 9.17) is 21.1 Å². The summed E-state index contributed by atoms with van der Waals surface area (Å²) >= 11 is 8.05. The number of nitrogens with zero attached hydrogens (tertiary/aromatic N) is 1. The topological polar surface area (TPSA) is 50.8 Å². The Morgan fingerprint density at radius 3 is 2.87 bits per heavy atom. The van der Waals surface area contributed by atoms with Gasteiger partial charge in [-0.2, -0.15) is 0 Å². The maximum Gasteiger partial charge on any atom is 0.261 e. The summed E-state index contributed by atoms with van der Waals surface area (Å²) in [4.78, 5) is 15.9. The van der Waals surface area contributed by atoms with Crippen LogP contribution >= 0.6 is 23.5 Å². The summed E-state index contributed by atoms with van der Waals surface area (Å²) in [7, 11) is 1.92. The molecule has 0 saturated heterocycles. The molecule has 3 aliphatic carbocycles. The van der Waals surface area contributed by atoms with E-state index in [1.165, 1.54) is 36.8 Å². The first kappa shape index (κ1) is 26.0. The number of methoxy groups -OCH3 is 1. The Morgan fingerprint density at radius 1 is 1.10 bits per heavy atom. The molecule has 208 valence electrons. The number of ether oxygens (including phenoxy) is 2. The van der Waals surface area contributed by atoms with Crippen LogP contribution in [0.1, 0.15) is 72.9 Å². The molecule has 2 aliphatic heterocycles. The third-order valence-electron chi connectivity index (χ3n) is 10.4. The van der Waals surface area contributed by atoms with Crippen LogP contribution < -0.4 is 14.4 Å². The number of hydrogen-bond donors (Lipinski definition) is 1. The van der Waals surface area contributed by atoms with Crippen LogP contribution in [0.2, 0.25) is 5.02 Å². The number of nitrogens with one attached hydrogen (secondary N) is 1. The molecular formula is C32H39ClN2O3S. The molecule has 6 atom stereocenters. The van der Waals surface area contributed by atoms with Crippen molar-refractivity contribution in [3.8, 4) is 5.75 Å². The molecule has 7 heteroatoms. The average Bonchev–Trinajstić information content (AvgIpc) is 3.09. The van der Waals surface area contributed by atoms with Crippen LogP contribution in [0.3, 0.4) is 0 Å². The Bertz CT molecular complexity index is 1260. The maximum atomic E-state index is 13.3. The number of rotatable bonds is 1. The lowest BCUT2D eigenvalue weighted by Crippen LogP contribution is -2.51. The van der Waals surface area contributed by atoms with Gasteiger partial charge in [0, 0.05) is 41.5 Å². The molecule has 5 nitrogen and oxygen atoms in total. The van der Waals surface area contributed by atoms with Crippen molar-refractivity contribution in [1.29, 1.82) is 0 Å². The zero-order chi connectivity index (χ0) is 26.6. The van der Waals surface area contributed by atoms with Gasteiger partial charge in [0.15, 0.2) is 0 Å². The van der Waals surface area contributed by atoms with E-state index in [-0.39, 0.29) is 11.3 Å². The van der Waals surface area contributed by atoms with Gasteiger partial charge >= 0.3 is 0 Å². The lowest BCUT2D eigenvalue weighted by atomic mass is 9.65. The van der Waals surface area contributed by atoms with E-state index in [0.717, 1.165) is 61.7 Å². The van der Waals surface area contributed by atoms with Crippen LogP contribution in [0.25, 0.3) is 0 Å². The molecule has 2 saturated carbocycles. The molecule has 4 bridgehead atoms. The van der Waals surface area contributed by atoms with Crippen LogP contribution in [0.5, 0.6) is 5.75 Å². The molecule has 5 aliphatic rings. The number of carbonyl (C=O) groups excluding carboxylic acids is 1. The molecular weight excluding hydrogens is 528 g/mol. The first-order chi connectivity index (χ1) is 19.0. The van der Waals surface area contributed by atoms with Gasteiger partial charge in [0.05, 0.1) is 18.4 Å². The Hall–Kier alpha value is -1.89. The Morgan fingerprint density at radius 2 is 2.03 bits per heavy atom. The van der Waals surface area contributed by atoms with Crippen LogP contribution in [0.4, 0.5) is 5.69 Å². The number of fused-ring (bicyclic) bond motifs is 6. The summed E-state index contributed by atoms with van der Waals surface area (Å²) < 4.78 is 16.1. The first-order valence-corrected chi connectivity index (χ1v) is 16.1. The van der Waals surface area contributed by atoms with E-state index in [1.807, 2.05) is 25.3 Å². The second kappa shape index (κ2) is 10.5. The van der Waals surface area contributed by atoms with Gasteiger partial charge in [0.25, 0.3) is 5.91 Å². The van der Waals surface area contributed by atoms with Gasteiger partial charge in [-0.1, -0.05) is 24.1 Å². The van der Waals surface area contributed by atoms with Crippen molar-refractivity contribution in [3.63, 3.8) is 0 Å². The Labute approximate surface area is 241 Å². The highest BCUT2D eigenvalue weighted by molar-refractivity contribution is 7.98. The minimum atomic E-state index is -0.0998. The van der Waals surface area contributed by atoms with Crippen molar-refractivity contribution in [2.75, 3.05) is 31.7 Å². The molecule has 1 N–H and O–H groups in total. The molecule has 2 heterocycles. The lowest BCUT2D eigenvalue weighted by Gasteiger charge is -2.48. The minimum absolute atomic E-state index is 0.0108. The zero-order valence-corrected chi connectivity index (χ0v) is 24.4. The molecule has 0 unspecified atom stereocenters. The molecule has 7 rings (SSSR count). The van der Waals surface area contributed by atoms with E-state index in [0.29, 0.717) is 41.3 Å². The number of halogens is 1. The predicted molar refractivity (Wildman–Crippen MR) is 158 cm³/mol. The molecule has 2 aromatic carbocycles. The van der Waals surface area contributed by atoms with Crippen molar-refractivity contribution in [1.82, 2.24) is 4.72 Å². The van der Waals surface area contributed by atoms with Crippen molar-refractivity contribution >= 4 is 35.1 Å². The van der Waals surface area contributed by atoms with Gasteiger partial charge in [0.2, 0.25) is 0 Å². The minimum Gasteiger partial charge on any atom is -0.490 e. The second-order valence-electron chi connectivity index (χ2n) is 12.6. The van der Waals surface area contributed by atoms with Gasteiger partial charge in [-0.05, 0) is 123 Å². The van der Waals surface area contributed by atoms with Crippen LogP contribution in [0.15, 0.2) is 36.4 Å². The van der Waals surface area contributed by atoms with Crippen molar-refractivity contribution < 1.29 is 14.3 Å². The maximum absolute atomic E-state index is 13.3. The first-order valence-electron chi connectivity index (χ1n) is 14.8. The van der Waals surface area contributed by atoms with E-state index >= 15 is 0 Å². The average molecular weight is 567 g/mol. The fourth-order valence-corrected chi connectivity index (χ4v) is 9.51. The summed E-state index contributed by atoms with van der Waals surface area (Å²) in [6, 6.07) is 12.5. The SMILES string of the molecule is CO[C@H]1[C@H]2CCC[C@H](C2)SNC(=O)c2ccc3c(c2)N(C[C@@H]2CC[C@H]21)C[C@@]1(CCCc2cc(Cl)ccc21)CO3. The van der Waals surface area contributed by atoms with Gasteiger partial charge in [-0.25, -0.2) is 0 Å². The molecule has 39 heavy (non-hydrogen) atoms. The van der Waals surface area contributed by atoms with Crippen molar-refractivity contribution in [3.05, 3.63) is 58.1 Å². The quantitative estimate of drug-likeness (QED) is 0.384. The normalized spacial score (nSPS) is 33.9. The summed E-state index contributed by atoms with van der Waals surface area (Å²) in [6.45, 7) is 2.51. The third-order valence-corrected chi connectivity index (χ3v) is 11.7. The standard InChI is InChI=1S/C32H39ClN2O3S/c1-37-30-21-4-2-6-25(15-21)39-34-31(36)22-8-12-29-28(16-22)35(17-23-7-10-26(23)30)18-32(19-38-29)13-3-5-20-14-24(33)9-11-27(20)32/h8-9,11-12,14,16,21,23,25-26,30H,2-7,10,13,15,17-19H2,1H3,(H,34,36)/t21-,23-,25+,26+,30-,32-/m0/s1. The fraction of sp³-hybridized carbons (Fsp3) is 0.594. The van der Waals surface area contributed by atoms with Crippen LogP contribution in [0, 0.1) is 17.8 Å². The highest BCUT2D eigenvalue weighted by Gasteiger charge is 2.46. The summed E-state index contributed by atoms with van der Waals surface area (Å²) in [5, 5.41) is 1.26. The van der Waals surface area contributed by atoms with Gasteiger partial charge in [-0.3, -0.25) is 9.52 Å². The van der Waals surface area contributed by atoms with E-state index < -0.39 is 0 Å². The molecule has 1 amide bonds. The van der Waals surface area contributed by atoms with Crippen molar-refractivity contribution in [2.24, 2.45) is 17.8 Å². The predicted octanol–water partition coefficient (Wildman–Crippen LogP) is 6.80.